The molecule has 24 heavy (non-hydrogen) atoms. The van der Waals surface area contributed by atoms with Crippen LogP contribution in [-0.2, 0) is 6.42 Å². The Labute approximate surface area is 148 Å². The topological polar surface area (TPSA) is 36.4 Å². The quantitative estimate of drug-likeness (QED) is 0.855. The number of likely N-dealkylation sites (tertiary alicyclic amines) is 1. The number of aromatic nitrogens is 1. The molecule has 2 heterocycles. The van der Waals surface area contributed by atoms with Crippen LogP contribution in [-0.4, -0.2) is 53.4 Å². The van der Waals surface area contributed by atoms with Gasteiger partial charge in [0.05, 0.1) is 6.04 Å². The van der Waals surface area contributed by atoms with Gasteiger partial charge in [0.1, 0.15) is 0 Å². The Kier molecular flexibility index (Phi) is 5.17. The van der Waals surface area contributed by atoms with Crippen LogP contribution < -0.4 is 0 Å². The number of hydrogen-bond donors (Lipinski definition) is 0. The number of carbonyl (C=O) groups is 1. The van der Waals surface area contributed by atoms with Crippen molar-refractivity contribution in [2.75, 3.05) is 20.6 Å². The predicted molar refractivity (Wildman–Crippen MR) is 96.3 cm³/mol. The van der Waals surface area contributed by atoms with Gasteiger partial charge in [0.15, 0.2) is 0 Å². The first-order valence-corrected chi connectivity index (χ1v) is 8.56. The largest absolute Gasteiger partial charge is 0.334 e. The number of hydrogen-bond acceptors (Lipinski definition) is 3. The highest BCUT2D eigenvalue weighted by atomic mass is 35.5. The van der Waals surface area contributed by atoms with Gasteiger partial charge in [-0.15, -0.1) is 0 Å². The van der Waals surface area contributed by atoms with E-state index < -0.39 is 0 Å². The third-order valence-corrected chi connectivity index (χ3v) is 4.94. The van der Waals surface area contributed by atoms with Gasteiger partial charge in [-0.05, 0) is 62.8 Å². The van der Waals surface area contributed by atoms with Crippen molar-refractivity contribution in [2.45, 2.75) is 24.9 Å². The van der Waals surface area contributed by atoms with Crippen molar-refractivity contribution in [3.8, 4) is 0 Å². The molecule has 1 aromatic carbocycles. The van der Waals surface area contributed by atoms with E-state index in [9.17, 15) is 4.79 Å². The maximum atomic E-state index is 13.0. The monoisotopic (exact) mass is 343 g/mol. The Hall–Kier alpha value is -1.91. The molecule has 0 unspecified atom stereocenters. The van der Waals surface area contributed by atoms with Crippen LogP contribution in [0, 0.1) is 0 Å². The average Bonchev–Trinajstić information content (AvgIpc) is 2.99. The summed E-state index contributed by atoms with van der Waals surface area (Å²) in [6, 6.07) is 11.7. The van der Waals surface area contributed by atoms with Crippen molar-refractivity contribution in [3.63, 3.8) is 0 Å². The molecule has 0 bridgehead atoms. The number of likely N-dealkylation sites (N-methyl/N-ethyl adjacent to an activating group) is 1. The minimum atomic E-state index is 0.0564. The molecule has 0 saturated carbocycles. The lowest BCUT2D eigenvalue weighted by molar-refractivity contribution is 0.0704. The molecule has 5 heteroatoms. The summed E-state index contributed by atoms with van der Waals surface area (Å²) in [6.45, 7) is 0.768. The van der Waals surface area contributed by atoms with Crippen LogP contribution in [0.1, 0.15) is 22.3 Å². The molecule has 1 aliphatic heterocycles. The van der Waals surface area contributed by atoms with Gasteiger partial charge in [0.25, 0.3) is 5.91 Å². The number of amides is 1. The molecule has 1 aliphatic rings. The zero-order valence-corrected chi connectivity index (χ0v) is 14.8. The van der Waals surface area contributed by atoms with E-state index in [4.69, 9.17) is 11.6 Å². The Morgan fingerprint density at radius 1 is 1.29 bits per heavy atom. The van der Waals surface area contributed by atoms with Crippen LogP contribution >= 0.6 is 11.6 Å². The van der Waals surface area contributed by atoms with Crippen LogP contribution in [0.3, 0.4) is 0 Å². The molecule has 126 valence electrons. The summed E-state index contributed by atoms with van der Waals surface area (Å²) in [5, 5.41) is 0.592. The normalized spacial score (nSPS) is 20.6. The lowest BCUT2D eigenvalue weighted by atomic mass is 9.99. The molecule has 1 saturated heterocycles. The lowest BCUT2D eigenvalue weighted by Crippen LogP contribution is -2.45. The molecular weight excluding hydrogens is 322 g/mol. The van der Waals surface area contributed by atoms with Crippen molar-refractivity contribution >= 4 is 17.5 Å². The highest BCUT2D eigenvalue weighted by molar-refractivity contribution is 6.30. The molecule has 2 aromatic rings. The number of benzene rings is 1. The van der Waals surface area contributed by atoms with E-state index in [-0.39, 0.29) is 11.9 Å². The second kappa shape index (κ2) is 7.32. The Bertz CT molecular complexity index is 705. The van der Waals surface area contributed by atoms with Gasteiger partial charge in [-0.1, -0.05) is 17.7 Å². The third-order valence-electron chi connectivity index (χ3n) is 4.70. The molecule has 0 N–H and O–H groups in total. The first kappa shape index (κ1) is 16.9. The summed E-state index contributed by atoms with van der Waals surface area (Å²) in [7, 11) is 4.16. The van der Waals surface area contributed by atoms with Gasteiger partial charge in [-0.2, -0.15) is 0 Å². The van der Waals surface area contributed by atoms with Crippen molar-refractivity contribution in [1.29, 1.82) is 0 Å². The fraction of sp³-hybridized carbons (Fsp3) is 0.368. The molecule has 0 aliphatic carbocycles. The van der Waals surface area contributed by atoms with Gasteiger partial charge in [0, 0.05) is 35.6 Å². The fourth-order valence-electron chi connectivity index (χ4n) is 3.49. The third kappa shape index (κ3) is 3.60. The van der Waals surface area contributed by atoms with E-state index >= 15 is 0 Å². The van der Waals surface area contributed by atoms with Crippen molar-refractivity contribution in [2.24, 2.45) is 0 Å². The molecule has 1 amide bonds. The second-order valence-corrected chi connectivity index (χ2v) is 6.89. The average molecular weight is 344 g/mol. The van der Waals surface area contributed by atoms with Gasteiger partial charge in [0.2, 0.25) is 0 Å². The SMILES string of the molecule is CN(C)[C@@H]1CCN(C(=O)c2cccc(Cl)c2)[C@H]1Cc1ccncc1. The Morgan fingerprint density at radius 3 is 2.71 bits per heavy atom. The van der Waals surface area contributed by atoms with Gasteiger partial charge >= 0.3 is 0 Å². The molecule has 0 spiro atoms. The molecule has 4 nitrogen and oxygen atoms in total. The summed E-state index contributed by atoms with van der Waals surface area (Å²) in [4.78, 5) is 21.3. The minimum Gasteiger partial charge on any atom is -0.334 e. The lowest BCUT2D eigenvalue weighted by Gasteiger charge is -2.31. The molecule has 1 fully saturated rings. The summed E-state index contributed by atoms with van der Waals surface area (Å²) >= 11 is 6.05. The molecule has 0 radical (unpaired) electrons. The van der Waals surface area contributed by atoms with E-state index in [1.807, 2.05) is 29.2 Å². The highest BCUT2D eigenvalue weighted by Gasteiger charge is 2.38. The number of rotatable bonds is 4. The smallest absolute Gasteiger partial charge is 0.254 e. The number of pyridine rings is 1. The standard InChI is InChI=1S/C19H22ClN3O/c1-22(2)17-8-11-23(18(17)12-14-6-9-21-10-7-14)19(24)15-4-3-5-16(20)13-15/h3-7,9-10,13,17-18H,8,11-12H2,1-2H3/t17-,18+/m1/s1. The maximum Gasteiger partial charge on any atom is 0.254 e. The summed E-state index contributed by atoms with van der Waals surface area (Å²) in [5.74, 6) is 0.0564. The fourth-order valence-corrected chi connectivity index (χ4v) is 3.68. The summed E-state index contributed by atoms with van der Waals surface area (Å²) in [5.41, 5.74) is 1.86. The second-order valence-electron chi connectivity index (χ2n) is 6.46. The van der Waals surface area contributed by atoms with Gasteiger partial charge in [-0.25, -0.2) is 0 Å². The number of halogens is 1. The van der Waals surface area contributed by atoms with Crippen LogP contribution in [0.5, 0.6) is 0 Å². The van der Waals surface area contributed by atoms with Crippen molar-refractivity contribution < 1.29 is 4.79 Å². The van der Waals surface area contributed by atoms with Crippen LogP contribution in [0.25, 0.3) is 0 Å². The summed E-state index contributed by atoms with van der Waals surface area (Å²) in [6.07, 6.45) is 5.42. The van der Waals surface area contributed by atoms with Crippen LogP contribution in [0.15, 0.2) is 48.8 Å². The first-order valence-electron chi connectivity index (χ1n) is 8.18. The van der Waals surface area contributed by atoms with Crippen molar-refractivity contribution in [1.82, 2.24) is 14.8 Å². The Balaban J connectivity index is 1.86. The maximum absolute atomic E-state index is 13.0. The zero-order valence-electron chi connectivity index (χ0n) is 14.0. The van der Waals surface area contributed by atoms with Crippen molar-refractivity contribution in [3.05, 3.63) is 64.9 Å². The molecule has 2 atom stereocenters. The summed E-state index contributed by atoms with van der Waals surface area (Å²) < 4.78 is 0. The van der Waals surface area contributed by atoms with E-state index in [1.165, 1.54) is 5.56 Å². The number of nitrogens with zero attached hydrogens (tertiary/aromatic N) is 3. The minimum absolute atomic E-state index is 0.0564. The van der Waals surface area contributed by atoms with E-state index in [0.717, 1.165) is 19.4 Å². The molecular formula is C19H22ClN3O. The zero-order chi connectivity index (χ0) is 17.1. The predicted octanol–water partition coefficient (Wildman–Crippen LogP) is 3.12. The van der Waals surface area contributed by atoms with Gasteiger partial charge < -0.3 is 9.80 Å². The van der Waals surface area contributed by atoms with Gasteiger partial charge in [-0.3, -0.25) is 9.78 Å². The Morgan fingerprint density at radius 2 is 2.04 bits per heavy atom. The van der Waals surface area contributed by atoms with Crippen LogP contribution in [0.4, 0.5) is 0 Å². The highest BCUT2D eigenvalue weighted by Crippen LogP contribution is 2.27. The number of carbonyl (C=O) groups excluding carboxylic acids is 1. The van der Waals surface area contributed by atoms with E-state index in [0.29, 0.717) is 16.6 Å². The van der Waals surface area contributed by atoms with Crippen LogP contribution in [0.2, 0.25) is 5.02 Å². The molecule has 3 rings (SSSR count). The molecule has 1 aromatic heterocycles. The first-order chi connectivity index (χ1) is 11.6. The van der Waals surface area contributed by atoms with E-state index in [2.05, 4.69) is 24.0 Å². The van der Waals surface area contributed by atoms with E-state index in [1.54, 1.807) is 24.5 Å².